The van der Waals surface area contributed by atoms with Gasteiger partial charge in [0, 0.05) is 6.54 Å². The molecule has 2 aromatic rings. The Hall–Kier alpha value is -1.77. The van der Waals surface area contributed by atoms with Gasteiger partial charge in [-0.1, -0.05) is 6.07 Å². The van der Waals surface area contributed by atoms with Crippen molar-refractivity contribution in [2.45, 2.75) is 24.9 Å². The number of aryl methyl sites for hydroxylation is 1. The molecule has 0 atom stereocenters. The van der Waals surface area contributed by atoms with Crippen molar-refractivity contribution in [1.82, 2.24) is 19.9 Å². The van der Waals surface area contributed by atoms with E-state index in [1.165, 1.54) is 12.4 Å². The minimum Gasteiger partial charge on any atom is -0.326 e. The van der Waals surface area contributed by atoms with Crippen LogP contribution in [-0.4, -0.2) is 23.6 Å². The minimum absolute atomic E-state index is 0.0695. The molecule has 0 bridgehead atoms. The van der Waals surface area contributed by atoms with Crippen molar-refractivity contribution >= 4 is 10.0 Å². The maximum atomic E-state index is 12.1. The molecule has 1 aromatic heterocycles. The summed E-state index contributed by atoms with van der Waals surface area (Å²) in [5.41, 5.74) is 7.33. The highest BCUT2D eigenvalue weighted by Gasteiger charge is 2.15. The fourth-order valence-electron chi connectivity index (χ4n) is 1.63. The molecule has 7 nitrogen and oxygen atoms in total. The first-order chi connectivity index (χ1) is 9.03. The number of aromatic amines is 1. The first-order valence-electron chi connectivity index (χ1n) is 5.66. The first kappa shape index (κ1) is 13.7. The summed E-state index contributed by atoms with van der Waals surface area (Å²) in [7, 11) is -3.56. The van der Waals surface area contributed by atoms with E-state index in [1.807, 2.05) is 6.92 Å². The van der Waals surface area contributed by atoms with E-state index in [0.29, 0.717) is 12.4 Å². The van der Waals surface area contributed by atoms with Gasteiger partial charge in [0.15, 0.2) is 0 Å². The van der Waals surface area contributed by atoms with Gasteiger partial charge in [0.2, 0.25) is 10.0 Å². The van der Waals surface area contributed by atoms with E-state index >= 15 is 0 Å². The summed E-state index contributed by atoms with van der Waals surface area (Å²) in [4.78, 5) is 4.06. The first-order valence-corrected chi connectivity index (χ1v) is 7.15. The summed E-state index contributed by atoms with van der Waals surface area (Å²) in [6.45, 7) is 2.29. The molecule has 19 heavy (non-hydrogen) atoms. The molecule has 102 valence electrons. The average molecular weight is 281 g/mol. The quantitative estimate of drug-likeness (QED) is 0.716. The molecule has 0 unspecified atom stereocenters. The van der Waals surface area contributed by atoms with Crippen LogP contribution in [0.15, 0.2) is 29.4 Å². The second-order valence-corrected chi connectivity index (χ2v) is 5.82. The van der Waals surface area contributed by atoms with E-state index in [1.54, 1.807) is 12.1 Å². The van der Waals surface area contributed by atoms with Crippen LogP contribution in [0.2, 0.25) is 0 Å². The van der Waals surface area contributed by atoms with Gasteiger partial charge in [0.05, 0.1) is 11.4 Å². The maximum Gasteiger partial charge on any atom is 0.240 e. The lowest BCUT2D eigenvalue weighted by atomic mass is 10.1. The number of hydrogen-bond acceptors (Lipinski definition) is 5. The number of rotatable bonds is 5. The third kappa shape index (κ3) is 3.16. The molecular weight excluding hydrogens is 266 g/mol. The standard InChI is InChI=1S/C11H15N5O2S/c1-8-4-10(3-2-9(8)5-12)19(17,18)15-6-11-13-7-14-16-11/h2-4,7,15H,5-6,12H2,1H3,(H,13,14,16). The van der Waals surface area contributed by atoms with E-state index in [-0.39, 0.29) is 11.4 Å². The zero-order chi connectivity index (χ0) is 13.9. The van der Waals surface area contributed by atoms with Crippen molar-refractivity contribution in [3.63, 3.8) is 0 Å². The molecule has 0 aliphatic rings. The smallest absolute Gasteiger partial charge is 0.240 e. The molecule has 0 amide bonds. The van der Waals surface area contributed by atoms with Crippen molar-refractivity contribution in [3.8, 4) is 0 Å². The summed E-state index contributed by atoms with van der Waals surface area (Å²) in [6.07, 6.45) is 1.32. The molecule has 0 radical (unpaired) electrons. The van der Waals surface area contributed by atoms with Crippen LogP contribution in [0.4, 0.5) is 0 Å². The SMILES string of the molecule is Cc1cc(S(=O)(=O)NCc2ncn[nH]2)ccc1CN. The highest BCUT2D eigenvalue weighted by Crippen LogP contribution is 2.15. The third-order valence-corrected chi connectivity index (χ3v) is 4.14. The van der Waals surface area contributed by atoms with Crippen LogP contribution in [-0.2, 0) is 23.1 Å². The van der Waals surface area contributed by atoms with E-state index in [4.69, 9.17) is 5.73 Å². The molecule has 0 saturated heterocycles. The Morgan fingerprint density at radius 2 is 2.21 bits per heavy atom. The van der Waals surface area contributed by atoms with Gasteiger partial charge < -0.3 is 5.73 Å². The second-order valence-electron chi connectivity index (χ2n) is 4.05. The fourth-order valence-corrected chi connectivity index (χ4v) is 2.70. The van der Waals surface area contributed by atoms with Crippen LogP contribution in [0.1, 0.15) is 17.0 Å². The largest absolute Gasteiger partial charge is 0.326 e. The molecule has 0 saturated carbocycles. The molecule has 0 aliphatic heterocycles. The molecule has 0 fully saturated rings. The Balaban J connectivity index is 2.17. The monoisotopic (exact) mass is 281 g/mol. The Morgan fingerprint density at radius 1 is 1.42 bits per heavy atom. The van der Waals surface area contributed by atoms with Crippen LogP contribution in [0.25, 0.3) is 0 Å². The molecular formula is C11H15N5O2S. The number of nitrogens with two attached hydrogens (primary N) is 1. The molecule has 0 aliphatic carbocycles. The number of sulfonamides is 1. The average Bonchev–Trinajstić information content (AvgIpc) is 2.89. The normalized spacial score (nSPS) is 11.7. The van der Waals surface area contributed by atoms with E-state index in [2.05, 4.69) is 19.9 Å². The van der Waals surface area contributed by atoms with Crippen LogP contribution >= 0.6 is 0 Å². The van der Waals surface area contributed by atoms with Crippen LogP contribution in [0, 0.1) is 6.92 Å². The lowest BCUT2D eigenvalue weighted by Gasteiger charge is -2.08. The zero-order valence-electron chi connectivity index (χ0n) is 10.4. The van der Waals surface area contributed by atoms with E-state index in [9.17, 15) is 8.42 Å². The van der Waals surface area contributed by atoms with Gasteiger partial charge in [0.25, 0.3) is 0 Å². The predicted octanol–water partition coefficient (Wildman–Crippen LogP) is 0.0503. The Kier molecular flexibility index (Phi) is 3.93. The fraction of sp³-hybridized carbons (Fsp3) is 0.273. The van der Waals surface area contributed by atoms with E-state index in [0.717, 1.165) is 11.1 Å². The minimum atomic E-state index is -3.56. The molecule has 1 heterocycles. The van der Waals surface area contributed by atoms with Gasteiger partial charge in [-0.05, 0) is 30.2 Å². The van der Waals surface area contributed by atoms with Gasteiger partial charge in [-0.3, -0.25) is 5.10 Å². The van der Waals surface area contributed by atoms with Crippen LogP contribution in [0.5, 0.6) is 0 Å². The number of nitrogens with one attached hydrogen (secondary N) is 2. The van der Waals surface area contributed by atoms with Gasteiger partial charge >= 0.3 is 0 Å². The summed E-state index contributed by atoms with van der Waals surface area (Å²) in [5, 5.41) is 6.23. The topological polar surface area (TPSA) is 114 Å². The highest BCUT2D eigenvalue weighted by molar-refractivity contribution is 7.89. The second kappa shape index (κ2) is 5.47. The lowest BCUT2D eigenvalue weighted by molar-refractivity contribution is 0.579. The van der Waals surface area contributed by atoms with Gasteiger partial charge in [-0.25, -0.2) is 18.1 Å². The molecule has 8 heteroatoms. The van der Waals surface area contributed by atoms with Gasteiger partial charge in [0.1, 0.15) is 12.2 Å². The molecule has 2 rings (SSSR count). The summed E-state index contributed by atoms with van der Waals surface area (Å²) < 4.78 is 26.6. The molecule has 0 spiro atoms. The molecule has 4 N–H and O–H groups in total. The summed E-state index contributed by atoms with van der Waals surface area (Å²) >= 11 is 0. The molecule has 1 aromatic carbocycles. The van der Waals surface area contributed by atoms with Crippen molar-refractivity contribution in [2.24, 2.45) is 5.73 Å². The highest BCUT2D eigenvalue weighted by atomic mass is 32.2. The number of benzene rings is 1. The van der Waals surface area contributed by atoms with E-state index < -0.39 is 10.0 Å². The zero-order valence-corrected chi connectivity index (χ0v) is 11.2. The predicted molar refractivity (Wildman–Crippen MR) is 69.5 cm³/mol. The van der Waals surface area contributed by atoms with Crippen LogP contribution < -0.4 is 10.5 Å². The Bertz CT molecular complexity index is 652. The number of nitrogens with zero attached hydrogens (tertiary/aromatic N) is 2. The van der Waals surface area contributed by atoms with Crippen molar-refractivity contribution in [3.05, 3.63) is 41.5 Å². The van der Waals surface area contributed by atoms with Crippen molar-refractivity contribution in [1.29, 1.82) is 0 Å². The van der Waals surface area contributed by atoms with Crippen molar-refractivity contribution < 1.29 is 8.42 Å². The number of hydrogen-bond donors (Lipinski definition) is 3. The van der Waals surface area contributed by atoms with Crippen LogP contribution in [0.3, 0.4) is 0 Å². The number of H-pyrrole nitrogens is 1. The van der Waals surface area contributed by atoms with Crippen molar-refractivity contribution in [2.75, 3.05) is 0 Å². The Labute approximate surface area is 111 Å². The lowest BCUT2D eigenvalue weighted by Crippen LogP contribution is -2.24. The summed E-state index contributed by atoms with van der Waals surface area (Å²) in [6, 6.07) is 4.86. The van der Waals surface area contributed by atoms with Gasteiger partial charge in [-0.15, -0.1) is 0 Å². The maximum absolute atomic E-state index is 12.1. The Morgan fingerprint density at radius 3 is 2.79 bits per heavy atom. The number of aromatic nitrogens is 3. The van der Waals surface area contributed by atoms with Gasteiger partial charge in [-0.2, -0.15) is 5.10 Å². The summed E-state index contributed by atoms with van der Waals surface area (Å²) in [5.74, 6) is 0.457. The third-order valence-electron chi connectivity index (χ3n) is 2.74.